The molecule has 1 aromatic carbocycles. The number of nitrogens with one attached hydrogen (secondary N) is 4. The Bertz CT molecular complexity index is 2880. The lowest BCUT2D eigenvalue weighted by Crippen LogP contribution is -2.64. The minimum atomic E-state index is -4.75. The third kappa shape index (κ3) is 19.8. The highest BCUT2D eigenvalue weighted by atomic mass is 35.5. The molecule has 512 valence electrons. The van der Waals surface area contributed by atoms with Gasteiger partial charge < -0.3 is 55.6 Å². The van der Waals surface area contributed by atoms with E-state index in [1.807, 2.05) is 20.8 Å². The summed E-state index contributed by atoms with van der Waals surface area (Å²) in [5.74, 6) is -5.68. The summed E-state index contributed by atoms with van der Waals surface area (Å²) in [6, 6.07) is -4.96. The van der Waals surface area contributed by atoms with Crippen LogP contribution in [0.5, 0.6) is 0 Å². The molecule has 4 fully saturated rings. The monoisotopic (exact) mass is 1310 g/mol. The Morgan fingerprint density at radius 2 is 1.30 bits per heavy atom. The zero-order chi connectivity index (χ0) is 68.7. The standard InChI is InChI=1S/C66H99ClF3N11O11/c1-14-22-45-36-53(83)78(11)50(33-40(3)4)58(86)73-56(42(7)15-2)63(91)77(10)38-54(84)75(8)39-55(85)79(12)51(35-43-23-17-16-18-24-43)62(90)76(9)37-52(82)72-48(29-27-44-26-28-46(47(67)34-44)66(68,69)70)61(89)81-32-21-25-49(81)59(87)74-65(30-19-20-31-65)64(92)80(13)57(41(5)6)60(88)71-45/h1,26,28,34,40-43,45,48-51,56-57H,15-25,27,29-33,35-39H2,2-13H3,(H,71,88)(H,72,82)(H,73,86)(H,74,87)/t42-,45+,48-,49?,50-,51-,56-,57-/m0/s1. The molecule has 2 aliphatic heterocycles. The average Bonchev–Trinajstić information content (AvgIpc) is 1.52. The molecule has 4 aliphatic rings. The topological polar surface area (TPSA) is 259 Å². The van der Waals surface area contributed by atoms with Gasteiger partial charge in [-0.3, -0.25) is 52.7 Å². The molecule has 26 heteroatoms. The maximum Gasteiger partial charge on any atom is 0.417 e. The van der Waals surface area contributed by atoms with Crippen LogP contribution in [-0.4, -0.2) is 216 Å². The van der Waals surface area contributed by atoms with Crippen molar-refractivity contribution in [3.8, 4) is 12.3 Å². The van der Waals surface area contributed by atoms with Gasteiger partial charge in [0.25, 0.3) is 0 Å². The second-order valence-corrected chi connectivity index (χ2v) is 27.2. The molecular weight excluding hydrogens is 1220 g/mol. The van der Waals surface area contributed by atoms with E-state index in [-0.39, 0.29) is 76.2 Å². The lowest BCUT2D eigenvalue weighted by molar-refractivity contribution is -0.149. The van der Waals surface area contributed by atoms with Crippen LogP contribution in [0.25, 0.3) is 0 Å². The van der Waals surface area contributed by atoms with Gasteiger partial charge in [-0.25, -0.2) is 0 Å². The Balaban J connectivity index is 1.56. The molecule has 0 radical (unpaired) electrons. The molecule has 0 aromatic heterocycles. The van der Waals surface area contributed by atoms with Crippen LogP contribution in [0.4, 0.5) is 13.2 Å². The van der Waals surface area contributed by atoms with Crippen molar-refractivity contribution in [1.29, 1.82) is 0 Å². The first-order valence-electron chi connectivity index (χ1n) is 32.5. The van der Waals surface area contributed by atoms with Gasteiger partial charge in [-0.2, -0.15) is 13.2 Å². The van der Waals surface area contributed by atoms with Crippen molar-refractivity contribution in [2.45, 2.75) is 211 Å². The quantitative estimate of drug-likeness (QED) is 0.210. The van der Waals surface area contributed by atoms with Gasteiger partial charge in [0.15, 0.2) is 0 Å². The normalized spacial score (nSPS) is 25.9. The number of likely N-dealkylation sites (N-methyl/N-ethyl adjacent to an activating group) is 6. The first kappa shape index (κ1) is 75.7. The molecule has 11 amide bonds. The van der Waals surface area contributed by atoms with Crippen molar-refractivity contribution in [1.82, 2.24) is 55.6 Å². The fourth-order valence-corrected chi connectivity index (χ4v) is 13.5. The number of aryl methyl sites for hydroxylation is 1. The molecule has 92 heavy (non-hydrogen) atoms. The van der Waals surface area contributed by atoms with E-state index in [1.54, 1.807) is 20.8 Å². The Labute approximate surface area is 545 Å². The molecule has 4 N–H and O–H groups in total. The maximum absolute atomic E-state index is 15.1. The van der Waals surface area contributed by atoms with Crippen LogP contribution in [0.2, 0.25) is 5.02 Å². The Morgan fingerprint density at radius 3 is 1.89 bits per heavy atom. The van der Waals surface area contributed by atoms with Crippen LogP contribution >= 0.6 is 11.6 Å². The van der Waals surface area contributed by atoms with E-state index in [0.29, 0.717) is 31.2 Å². The summed E-state index contributed by atoms with van der Waals surface area (Å²) < 4.78 is 41.3. The number of nitrogens with zero attached hydrogens (tertiary/aromatic N) is 7. The molecule has 1 aromatic rings. The molecule has 8 atom stereocenters. The van der Waals surface area contributed by atoms with E-state index in [1.165, 1.54) is 68.0 Å². The summed E-state index contributed by atoms with van der Waals surface area (Å²) in [6.07, 6.45) is 7.42. The summed E-state index contributed by atoms with van der Waals surface area (Å²) >= 11 is 6.11. The number of alkyl halides is 3. The molecular formula is C66H99ClF3N11O11. The van der Waals surface area contributed by atoms with Crippen LogP contribution in [0.3, 0.4) is 0 Å². The van der Waals surface area contributed by atoms with Crippen molar-refractivity contribution < 1.29 is 65.9 Å². The molecule has 2 saturated heterocycles. The first-order chi connectivity index (χ1) is 43.2. The van der Waals surface area contributed by atoms with Crippen molar-refractivity contribution in [3.63, 3.8) is 0 Å². The van der Waals surface area contributed by atoms with Crippen LogP contribution in [0.1, 0.15) is 162 Å². The van der Waals surface area contributed by atoms with E-state index >= 15 is 9.59 Å². The van der Waals surface area contributed by atoms with Crippen molar-refractivity contribution in [2.24, 2.45) is 23.7 Å². The summed E-state index contributed by atoms with van der Waals surface area (Å²) in [4.78, 5) is 169. The van der Waals surface area contributed by atoms with E-state index in [0.717, 1.165) is 58.9 Å². The molecule has 2 heterocycles. The van der Waals surface area contributed by atoms with Gasteiger partial charge in [-0.15, -0.1) is 12.3 Å². The Morgan fingerprint density at radius 1 is 0.685 bits per heavy atom. The van der Waals surface area contributed by atoms with Crippen LogP contribution in [-0.2, 0) is 65.3 Å². The van der Waals surface area contributed by atoms with E-state index in [9.17, 15) is 56.3 Å². The van der Waals surface area contributed by atoms with Crippen LogP contribution < -0.4 is 21.3 Å². The fraction of sp³-hybridized carbons (Fsp3) is 0.712. The third-order valence-electron chi connectivity index (χ3n) is 18.9. The van der Waals surface area contributed by atoms with Crippen molar-refractivity contribution in [3.05, 3.63) is 34.3 Å². The van der Waals surface area contributed by atoms with E-state index in [2.05, 4.69) is 27.2 Å². The number of carbonyl (C=O) groups excluding carboxylic acids is 11. The average molecular weight is 1320 g/mol. The zero-order valence-electron chi connectivity index (χ0n) is 55.8. The minimum Gasteiger partial charge on any atom is -0.350 e. The molecule has 5 rings (SSSR count). The van der Waals surface area contributed by atoms with Crippen LogP contribution in [0, 0.1) is 36.0 Å². The molecule has 2 saturated carbocycles. The number of amides is 11. The SMILES string of the molecule is C#CC[C@@H]1CC(=O)N(C)[C@@H](CC(C)C)C(=O)N[C@@H]([C@@H](C)CC)C(=O)N(C)CC(=O)N(C)CC(=O)N(C)[C@@H](CC2CCCCC2)C(=O)N(C)CC(=O)N[C@@H](CCc2ccc(C(F)(F)F)c(Cl)c2)C(=O)N2CCCC2C(=O)NC2(CCCC2)C(=O)N(C)[C@@H](C(C)C)C(=O)N1. The molecule has 22 nitrogen and oxygen atoms in total. The summed E-state index contributed by atoms with van der Waals surface area (Å²) in [5, 5.41) is 10.9. The third-order valence-corrected chi connectivity index (χ3v) is 19.2. The van der Waals surface area contributed by atoms with Crippen molar-refractivity contribution in [2.75, 3.05) is 68.5 Å². The predicted molar refractivity (Wildman–Crippen MR) is 340 cm³/mol. The Hall–Kier alpha value is -6.97. The van der Waals surface area contributed by atoms with Crippen LogP contribution in [0.15, 0.2) is 18.2 Å². The highest BCUT2D eigenvalue weighted by Gasteiger charge is 2.50. The lowest BCUT2D eigenvalue weighted by atomic mass is 9.84. The van der Waals surface area contributed by atoms with Gasteiger partial charge in [0, 0.05) is 67.7 Å². The minimum absolute atomic E-state index is 0.0270. The summed E-state index contributed by atoms with van der Waals surface area (Å²) in [6.45, 7) is 9.19. The van der Waals surface area contributed by atoms with Gasteiger partial charge in [0.05, 0.1) is 30.2 Å². The number of carbonyl (C=O) groups is 11. The molecule has 1 spiro atoms. The summed E-state index contributed by atoms with van der Waals surface area (Å²) in [7, 11) is 8.47. The molecule has 2 aliphatic carbocycles. The Kier molecular flexibility index (Phi) is 27.8. The highest BCUT2D eigenvalue weighted by Crippen LogP contribution is 2.37. The first-order valence-corrected chi connectivity index (χ1v) is 32.9. The number of halogens is 4. The number of hydrogen-bond donors (Lipinski definition) is 4. The van der Waals surface area contributed by atoms with Gasteiger partial charge >= 0.3 is 6.18 Å². The predicted octanol–water partition coefficient (Wildman–Crippen LogP) is 5.17. The second kappa shape index (κ2) is 33.7. The number of terminal acetylenes is 1. The highest BCUT2D eigenvalue weighted by molar-refractivity contribution is 6.31. The van der Waals surface area contributed by atoms with Gasteiger partial charge in [0.2, 0.25) is 65.0 Å². The number of rotatable bonds is 11. The second-order valence-electron chi connectivity index (χ2n) is 26.8. The van der Waals surface area contributed by atoms with Gasteiger partial charge in [-0.1, -0.05) is 111 Å². The van der Waals surface area contributed by atoms with E-state index in [4.69, 9.17) is 18.0 Å². The zero-order valence-corrected chi connectivity index (χ0v) is 56.6. The van der Waals surface area contributed by atoms with Gasteiger partial charge in [0.1, 0.15) is 41.8 Å². The largest absolute Gasteiger partial charge is 0.417 e. The number of benzene rings is 1. The van der Waals surface area contributed by atoms with Gasteiger partial charge in [-0.05, 0) is 92.7 Å². The van der Waals surface area contributed by atoms with E-state index < -0.39 is 161 Å². The lowest BCUT2D eigenvalue weighted by Gasteiger charge is -2.39. The fourth-order valence-electron chi connectivity index (χ4n) is 13.2. The molecule has 0 bridgehead atoms. The maximum atomic E-state index is 15.1. The van der Waals surface area contributed by atoms with Crippen molar-refractivity contribution >= 4 is 76.6 Å². The number of fused-ring (bicyclic) bond motifs is 1. The smallest absolute Gasteiger partial charge is 0.350 e. The molecule has 1 unspecified atom stereocenters. The number of hydrogen-bond acceptors (Lipinski definition) is 11. The summed E-state index contributed by atoms with van der Waals surface area (Å²) in [5.41, 5.74) is -2.30.